The van der Waals surface area contributed by atoms with Crippen LogP contribution in [0.15, 0.2) is 12.4 Å². The van der Waals surface area contributed by atoms with Crippen molar-refractivity contribution in [1.82, 2.24) is 14.9 Å². The van der Waals surface area contributed by atoms with Crippen molar-refractivity contribution in [2.24, 2.45) is 11.8 Å². The van der Waals surface area contributed by atoms with Gasteiger partial charge in [0, 0.05) is 32.7 Å². The molecular weight excluding hydrogens is 304 g/mol. The molecule has 6 heteroatoms. The molecule has 132 valence electrons. The minimum absolute atomic E-state index is 0.329. The molecule has 6 nitrogen and oxygen atoms in total. The normalized spacial score (nSPS) is 23.0. The van der Waals surface area contributed by atoms with Gasteiger partial charge in [-0.05, 0) is 50.4 Å². The molecule has 3 heterocycles. The van der Waals surface area contributed by atoms with Crippen molar-refractivity contribution in [2.45, 2.75) is 44.9 Å². The summed E-state index contributed by atoms with van der Waals surface area (Å²) in [6, 6.07) is 0. The summed E-state index contributed by atoms with van der Waals surface area (Å²) in [5.41, 5.74) is 6.58. The van der Waals surface area contributed by atoms with Crippen molar-refractivity contribution in [3.05, 3.63) is 18.1 Å². The van der Waals surface area contributed by atoms with Crippen LogP contribution in [-0.2, 0) is 16.0 Å². The molecule has 2 aliphatic heterocycles. The Morgan fingerprint density at radius 2 is 1.96 bits per heavy atom. The average molecular weight is 332 g/mol. The van der Waals surface area contributed by atoms with Gasteiger partial charge in [0.25, 0.3) is 0 Å². The highest BCUT2D eigenvalue weighted by Crippen LogP contribution is 2.24. The Hall–Kier alpha value is -1.69. The van der Waals surface area contributed by atoms with E-state index in [1.807, 2.05) is 0 Å². The number of nitrogen functional groups attached to an aromatic ring is 1. The zero-order chi connectivity index (χ0) is 16.8. The second-order valence-corrected chi connectivity index (χ2v) is 7.07. The van der Waals surface area contributed by atoms with E-state index in [-0.39, 0.29) is 0 Å². The molecule has 2 N–H and O–H groups in total. The molecule has 3 rings (SSSR count). The van der Waals surface area contributed by atoms with E-state index in [1.54, 1.807) is 12.4 Å². The van der Waals surface area contributed by atoms with E-state index in [4.69, 9.17) is 10.5 Å². The summed E-state index contributed by atoms with van der Waals surface area (Å²) in [5.74, 6) is 1.87. The van der Waals surface area contributed by atoms with E-state index >= 15 is 0 Å². The van der Waals surface area contributed by atoms with E-state index in [2.05, 4.69) is 14.9 Å². The number of carbonyl (C=O) groups excluding carboxylic acids is 1. The maximum atomic E-state index is 12.6. The monoisotopic (exact) mass is 332 g/mol. The molecule has 0 spiro atoms. The number of aromatic nitrogens is 2. The third kappa shape index (κ3) is 4.90. The van der Waals surface area contributed by atoms with Crippen molar-refractivity contribution in [2.75, 3.05) is 32.0 Å². The number of hydrogen-bond acceptors (Lipinski definition) is 5. The fraction of sp³-hybridized carbons (Fsp3) is 0.722. The molecule has 1 amide bonds. The predicted octanol–water partition coefficient (Wildman–Crippen LogP) is 2.05. The van der Waals surface area contributed by atoms with Crippen molar-refractivity contribution in [1.29, 1.82) is 0 Å². The summed E-state index contributed by atoms with van der Waals surface area (Å²) in [6.07, 6.45) is 10.3. The smallest absolute Gasteiger partial charge is 0.222 e. The molecule has 1 atom stereocenters. The molecule has 0 radical (unpaired) electrons. The lowest BCUT2D eigenvalue weighted by atomic mass is 9.95. The van der Waals surface area contributed by atoms with E-state index < -0.39 is 0 Å². The van der Waals surface area contributed by atoms with Crippen LogP contribution in [0.4, 0.5) is 5.82 Å². The maximum Gasteiger partial charge on any atom is 0.222 e. The molecule has 2 saturated heterocycles. The number of carbonyl (C=O) groups is 1. The van der Waals surface area contributed by atoms with Crippen LogP contribution in [0.1, 0.15) is 44.2 Å². The highest BCUT2D eigenvalue weighted by atomic mass is 16.5. The average Bonchev–Trinajstić information content (AvgIpc) is 2.83. The van der Waals surface area contributed by atoms with Gasteiger partial charge in [-0.3, -0.25) is 9.78 Å². The quantitative estimate of drug-likeness (QED) is 0.912. The minimum Gasteiger partial charge on any atom is -0.382 e. The Bertz CT molecular complexity index is 528. The lowest BCUT2D eigenvalue weighted by Crippen LogP contribution is -2.34. The zero-order valence-electron chi connectivity index (χ0n) is 14.3. The number of hydrogen-bond donors (Lipinski definition) is 1. The summed E-state index contributed by atoms with van der Waals surface area (Å²) < 4.78 is 5.38. The second kappa shape index (κ2) is 8.42. The number of likely N-dealkylation sites (tertiary alicyclic amines) is 1. The van der Waals surface area contributed by atoms with Gasteiger partial charge in [-0.25, -0.2) is 4.98 Å². The van der Waals surface area contributed by atoms with Crippen molar-refractivity contribution in [3.8, 4) is 0 Å². The number of rotatable bonds is 4. The van der Waals surface area contributed by atoms with Crippen LogP contribution in [0.3, 0.4) is 0 Å². The molecular formula is C18H28N4O2. The fourth-order valence-electron chi connectivity index (χ4n) is 3.71. The second-order valence-electron chi connectivity index (χ2n) is 7.07. The van der Waals surface area contributed by atoms with Gasteiger partial charge in [-0.1, -0.05) is 0 Å². The van der Waals surface area contributed by atoms with E-state index in [0.29, 0.717) is 30.0 Å². The Balaban J connectivity index is 1.47. The van der Waals surface area contributed by atoms with Crippen molar-refractivity contribution < 1.29 is 9.53 Å². The Morgan fingerprint density at radius 1 is 1.12 bits per heavy atom. The van der Waals surface area contributed by atoms with E-state index in [9.17, 15) is 4.79 Å². The third-order valence-electron chi connectivity index (χ3n) is 5.23. The van der Waals surface area contributed by atoms with Crippen LogP contribution in [0.2, 0.25) is 0 Å². The molecule has 1 aromatic heterocycles. The summed E-state index contributed by atoms with van der Waals surface area (Å²) >= 11 is 0. The van der Waals surface area contributed by atoms with Gasteiger partial charge in [-0.15, -0.1) is 0 Å². The molecule has 0 aliphatic carbocycles. The topological polar surface area (TPSA) is 81.3 Å². The van der Waals surface area contributed by atoms with Crippen LogP contribution in [0, 0.1) is 11.8 Å². The Morgan fingerprint density at radius 3 is 2.71 bits per heavy atom. The molecule has 1 unspecified atom stereocenters. The summed E-state index contributed by atoms with van der Waals surface area (Å²) in [5, 5.41) is 0. The number of ether oxygens (including phenoxy) is 1. The predicted molar refractivity (Wildman–Crippen MR) is 92.2 cm³/mol. The van der Waals surface area contributed by atoms with Gasteiger partial charge in [0.15, 0.2) is 0 Å². The molecule has 1 aromatic rings. The van der Waals surface area contributed by atoms with Gasteiger partial charge >= 0.3 is 0 Å². The van der Waals surface area contributed by atoms with Crippen LogP contribution in [0.5, 0.6) is 0 Å². The van der Waals surface area contributed by atoms with Gasteiger partial charge in [-0.2, -0.15) is 0 Å². The van der Waals surface area contributed by atoms with Gasteiger partial charge < -0.3 is 15.4 Å². The lowest BCUT2D eigenvalue weighted by Gasteiger charge is -2.26. The third-order valence-corrected chi connectivity index (χ3v) is 5.23. The van der Waals surface area contributed by atoms with Crippen molar-refractivity contribution >= 4 is 11.7 Å². The number of nitrogens with zero attached hydrogens (tertiary/aromatic N) is 3. The van der Waals surface area contributed by atoms with Gasteiger partial charge in [0.05, 0.1) is 18.1 Å². The van der Waals surface area contributed by atoms with Crippen LogP contribution in [-0.4, -0.2) is 47.1 Å². The highest BCUT2D eigenvalue weighted by molar-refractivity contribution is 5.76. The van der Waals surface area contributed by atoms with Crippen LogP contribution < -0.4 is 5.73 Å². The SMILES string of the molecule is Nc1cnc(CC2CCCN(C(=O)CC3CCOCC3)CC2)cn1. The summed E-state index contributed by atoms with van der Waals surface area (Å²) in [7, 11) is 0. The highest BCUT2D eigenvalue weighted by Gasteiger charge is 2.24. The molecule has 2 fully saturated rings. The minimum atomic E-state index is 0.329. The molecule has 0 saturated carbocycles. The van der Waals surface area contributed by atoms with Crippen molar-refractivity contribution in [3.63, 3.8) is 0 Å². The van der Waals surface area contributed by atoms with Gasteiger partial charge in [0.2, 0.25) is 5.91 Å². The van der Waals surface area contributed by atoms with Crippen LogP contribution in [0.25, 0.3) is 0 Å². The summed E-state index contributed by atoms with van der Waals surface area (Å²) in [6.45, 7) is 3.38. The Kier molecular flexibility index (Phi) is 6.01. The first-order valence-corrected chi connectivity index (χ1v) is 9.12. The molecule has 0 aromatic carbocycles. The zero-order valence-corrected chi connectivity index (χ0v) is 14.3. The molecule has 24 heavy (non-hydrogen) atoms. The van der Waals surface area contributed by atoms with E-state index in [1.165, 1.54) is 0 Å². The first-order valence-electron chi connectivity index (χ1n) is 9.12. The maximum absolute atomic E-state index is 12.6. The molecule has 2 aliphatic rings. The van der Waals surface area contributed by atoms with E-state index in [0.717, 1.165) is 70.5 Å². The molecule has 0 bridgehead atoms. The number of nitrogens with two attached hydrogens (primary N) is 1. The largest absolute Gasteiger partial charge is 0.382 e. The summed E-state index contributed by atoms with van der Waals surface area (Å²) in [4.78, 5) is 23.1. The number of anilines is 1. The first kappa shape index (κ1) is 17.1. The Labute approximate surface area is 143 Å². The fourth-order valence-corrected chi connectivity index (χ4v) is 3.71. The number of amides is 1. The lowest BCUT2D eigenvalue weighted by molar-refractivity contribution is -0.132. The first-order chi connectivity index (χ1) is 11.7. The van der Waals surface area contributed by atoms with Gasteiger partial charge in [0.1, 0.15) is 5.82 Å². The van der Waals surface area contributed by atoms with Crippen LogP contribution >= 0.6 is 0 Å². The standard InChI is InChI=1S/C18H28N4O2/c19-17-13-20-16(12-21-17)10-14-2-1-6-22(7-3-14)18(23)11-15-4-8-24-9-5-15/h12-15H,1-11H2,(H2,19,21).